The van der Waals surface area contributed by atoms with E-state index in [0.29, 0.717) is 6.29 Å². The number of amides is 3. The molecule has 0 spiro atoms. The maximum absolute atomic E-state index is 11.8. The third kappa shape index (κ3) is 6.82. The van der Waals surface area contributed by atoms with Crippen molar-refractivity contribution >= 4 is 24.0 Å². The molecular formula is C12H22N4O5. The van der Waals surface area contributed by atoms with Crippen molar-refractivity contribution in [1.82, 2.24) is 16.0 Å². The number of hydrogen-bond donors (Lipinski definition) is 5. The molecule has 0 saturated carbocycles. The second-order valence-electron chi connectivity index (χ2n) is 4.70. The summed E-state index contributed by atoms with van der Waals surface area (Å²) in [4.78, 5) is 45.3. The first kappa shape index (κ1) is 19.0. The Bertz CT molecular complexity index is 399. The summed E-state index contributed by atoms with van der Waals surface area (Å²) in [5, 5.41) is 16.0. The summed E-state index contributed by atoms with van der Waals surface area (Å²) >= 11 is 0. The van der Waals surface area contributed by atoms with Crippen LogP contribution in [0.15, 0.2) is 0 Å². The second kappa shape index (κ2) is 9.03. The fraction of sp³-hybridized carbons (Fsp3) is 0.667. The highest BCUT2D eigenvalue weighted by Gasteiger charge is 2.24. The van der Waals surface area contributed by atoms with Crippen molar-refractivity contribution in [3.8, 4) is 0 Å². The summed E-state index contributed by atoms with van der Waals surface area (Å²) in [5.41, 5.74) is 5.35. The molecule has 0 radical (unpaired) electrons. The lowest BCUT2D eigenvalue weighted by atomic mass is 10.2. The summed E-state index contributed by atoms with van der Waals surface area (Å²) in [6.07, 6.45) is 0.514. The monoisotopic (exact) mass is 302 g/mol. The third-order valence-electron chi connectivity index (χ3n) is 2.56. The molecule has 0 aromatic rings. The van der Waals surface area contributed by atoms with Gasteiger partial charge in [-0.3, -0.25) is 14.4 Å². The van der Waals surface area contributed by atoms with Crippen molar-refractivity contribution in [2.24, 2.45) is 5.73 Å². The number of nitrogens with two attached hydrogens (primary N) is 1. The van der Waals surface area contributed by atoms with Crippen LogP contribution in [0.5, 0.6) is 0 Å². The number of nitrogens with one attached hydrogen (secondary N) is 3. The number of aliphatic hydroxyl groups is 1. The summed E-state index contributed by atoms with van der Waals surface area (Å²) < 4.78 is 0. The minimum atomic E-state index is -1.21. The molecule has 9 heteroatoms. The van der Waals surface area contributed by atoms with Crippen molar-refractivity contribution in [1.29, 1.82) is 0 Å². The Labute approximate surface area is 122 Å². The van der Waals surface area contributed by atoms with E-state index in [1.54, 1.807) is 0 Å². The van der Waals surface area contributed by atoms with E-state index in [1.165, 1.54) is 20.8 Å². The van der Waals surface area contributed by atoms with E-state index in [2.05, 4.69) is 16.0 Å². The van der Waals surface area contributed by atoms with Crippen molar-refractivity contribution in [3.63, 3.8) is 0 Å². The van der Waals surface area contributed by atoms with Gasteiger partial charge in [0.15, 0.2) is 0 Å². The van der Waals surface area contributed by atoms with E-state index in [-0.39, 0.29) is 0 Å². The normalized spacial score (nSPS) is 16.0. The first-order valence-corrected chi connectivity index (χ1v) is 6.45. The Morgan fingerprint density at radius 1 is 1.05 bits per heavy atom. The average molecular weight is 302 g/mol. The van der Waals surface area contributed by atoms with Crippen LogP contribution in [-0.2, 0) is 19.2 Å². The summed E-state index contributed by atoms with van der Waals surface area (Å²) in [7, 11) is 0. The molecule has 9 nitrogen and oxygen atoms in total. The number of aldehydes is 1. The maximum Gasteiger partial charge on any atom is 0.245 e. The molecule has 4 atom stereocenters. The quantitative estimate of drug-likeness (QED) is 0.302. The highest BCUT2D eigenvalue weighted by molar-refractivity contribution is 5.93. The number of hydrogen-bond acceptors (Lipinski definition) is 6. The molecule has 0 fully saturated rings. The van der Waals surface area contributed by atoms with Gasteiger partial charge >= 0.3 is 0 Å². The van der Waals surface area contributed by atoms with Gasteiger partial charge in [-0.05, 0) is 20.8 Å². The number of aliphatic hydroxyl groups excluding tert-OH is 1. The maximum atomic E-state index is 11.8. The fourth-order valence-corrected chi connectivity index (χ4v) is 1.26. The van der Waals surface area contributed by atoms with E-state index in [0.717, 1.165) is 0 Å². The van der Waals surface area contributed by atoms with Crippen LogP contribution in [0.25, 0.3) is 0 Å². The highest BCUT2D eigenvalue weighted by Crippen LogP contribution is 1.90. The molecule has 0 saturated heterocycles. The molecule has 0 heterocycles. The molecule has 0 unspecified atom stereocenters. The van der Waals surface area contributed by atoms with Crippen LogP contribution in [-0.4, -0.2) is 59.9 Å². The van der Waals surface area contributed by atoms with Gasteiger partial charge in [-0.15, -0.1) is 0 Å². The fourth-order valence-electron chi connectivity index (χ4n) is 1.26. The van der Waals surface area contributed by atoms with E-state index in [9.17, 15) is 19.2 Å². The molecule has 0 aliphatic carbocycles. The van der Waals surface area contributed by atoms with Gasteiger partial charge in [-0.2, -0.15) is 0 Å². The van der Waals surface area contributed by atoms with Crippen molar-refractivity contribution in [3.05, 3.63) is 0 Å². The minimum absolute atomic E-state index is 0.514. The van der Waals surface area contributed by atoms with Gasteiger partial charge in [0.1, 0.15) is 18.4 Å². The Morgan fingerprint density at radius 3 is 2.05 bits per heavy atom. The molecule has 120 valence electrons. The summed E-state index contributed by atoms with van der Waals surface area (Å²) in [6.45, 7) is 3.69. The van der Waals surface area contributed by atoms with Gasteiger partial charge in [0.2, 0.25) is 17.7 Å². The van der Waals surface area contributed by atoms with E-state index in [4.69, 9.17) is 10.8 Å². The van der Waals surface area contributed by atoms with E-state index in [1.807, 2.05) is 0 Å². The van der Waals surface area contributed by atoms with Crippen LogP contribution in [0.3, 0.4) is 0 Å². The van der Waals surface area contributed by atoms with Crippen molar-refractivity contribution in [2.45, 2.75) is 44.9 Å². The van der Waals surface area contributed by atoms with Crippen LogP contribution in [0, 0.1) is 0 Å². The highest BCUT2D eigenvalue weighted by atomic mass is 16.3. The van der Waals surface area contributed by atoms with E-state index < -0.39 is 48.5 Å². The average Bonchev–Trinajstić information content (AvgIpc) is 2.43. The summed E-state index contributed by atoms with van der Waals surface area (Å²) in [6, 6.07) is -3.65. The molecule has 6 N–H and O–H groups in total. The standard InChI is InChI=1S/C12H22N4O5/c1-6(4-17)14-12(21)9(5-18)16-11(20)8(3)15-10(19)7(2)13/h4,6-9,18H,5,13H2,1-3H3,(H,14,21)(H,15,19)(H,16,20)/t6-,7-,8-,9-/m0/s1. The molecule has 0 aliphatic rings. The zero-order chi connectivity index (χ0) is 16.6. The largest absolute Gasteiger partial charge is 0.394 e. The molecule has 0 bridgehead atoms. The van der Waals surface area contributed by atoms with Gasteiger partial charge in [0, 0.05) is 0 Å². The predicted molar refractivity (Wildman–Crippen MR) is 73.9 cm³/mol. The third-order valence-corrected chi connectivity index (χ3v) is 2.56. The predicted octanol–water partition coefficient (Wildman–Crippen LogP) is -2.98. The minimum Gasteiger partial charge on any atom is -0.394 e. The smallest absolute Gasteiger partial charge is 0.245 e. The molecule has 0 rings (SSSR count). The molecule has 21 heavy (non-hydrogen) atoms. The second-order valence-corrected chi connectivity index (χ2v) is 4.70. The lowest BCUT2D eigenvalue weighted by molar-refractivity contribution is -0.133. The first-order valence-electron chi connectivity index (χ1n) is 6.45. The van der Waals surface area contributed by atoms with Gasteiger partial charge in [0.05, 0.1) is 18.7 Å². The van der Waals surface area contributed by atoms with Crippen LogP contribution >= 0.6 is 0 Å². The van der Waals surface area contributed by atoms with Crippen molar-refractivity contribution in [2.75, 3.05) is 6.61 Å². The molecule has 0 aromatic heterocycles. The van der Waals surface area contributed by atoms with Crippen LogP contribution < -0.4 is 21.7 Å². The van der Waals surface area contributed by atoms with Crippen LogP contribution in [0.1, 0.15) is 20.8 Å². The number of rotatable bonds is 8. The molecule has 0 aromatic carbocycles. The topological polar surface area (TPSA) is 151 Å². The van der Waals surface area contributed by atoms with Crippen LogP contribution in [0.4, 0.5) is 0 Å². The van der Waals surface area contributed by atoms with Crippen LogP contribution in [0.2, 0.25) is 0 Å². The zero-order valence-electron chi connectivity index (χ0n) is 12.3. The van der Waals surface area contributed by atoms with Gasteiger partial charge in [-0.25, -0.2) is 0 Å². The number of carbonyl (C=O) groups is 4. The lowest BCUT2D eigenvalue weighted by Gasteiger charge is -2.20. The molecular weight excluding hydrogens is 280 g/mol. The van der Waals surface area contributed by atoms with Gasteiger partial charge in [-0.1, -0.05) is 0 Å². The Morgan fingerprint density at radius 2 is 1.62 bits per heavy atom. The molecule has 3 amide bonds. The van der Waals surface area contributed by atoms with Crippen molar-refractivity contribution < 1.29 is 24.3 Å². The lowest BCUT2D eigenvalue weighted by Crippen LogP contribution is -2.56. The van der Waals surface area contributed by atoms with E-state index >= 15 is 0 Å². The number of carbonyl (C=O) groups excluding carboxylic acids is 4. The zero-order valence-corrected chi connectivity index (χ0v) is 12.3. The first-order chi connectivity index (χ1) is 9.72. The van der Waals surface area contributed by atoms with Gasteiger partial charge in [0.25, 0.3) is 0 Å². The Hall–Kier alpha value is -2.00. The summed E-state index contributed by atoms with van der Waals surface area (Å²) in [5.74, 6) is -1.87. The Kier molecular flexibility index (Phi) is 8.17. The molecule has 0 aliphatic heterocycles. The van der Waals surface area contributed by atoms with Gasteiger partial charge < -0.3 is 31.6 Å². The SMILES string of the molecule is C[C@H](N)C(=O)N[C@@H](C)C(=O)N[C@@H](CO)C(=O)N[C@@H](C)C=O. The Balaban J connectivity index is 4.53.